The Labute approximate surface area is 164 Å². The Kier molecular flexibility index (Phi) is 3.80. The number of para-hydroxylation sites is 2. The molecule has 0 aliphatic heterocycles. The molecule has 0 unspecified atom stereocenters. The molecule has 27 heavy (non-hydrogen) atoms. The SMILES string of the molecule is Oc1cc(C(c2c[nH]c3ccccc23)c2c[nH]c3ccccc23)ccc1Br. The average molecular weight is 417 g/mol. The van der Waals surface area contributed by atoms with E-state index in [1.807, 2.05) is 24.3 Å². The lowest BCUT2D eigenvalue weighted by Crippen LogP contribution is -2.02. The van der Waals surface area contributed by atoms with Gasteiger partial charge in [-0.25, -0.2) is 0 Å². The number of nitrogens with one attached hydrogen (secondary N) is 2. The second-order valence-electron chi connectivity index (χ2n) is 6.72. The number of hydrogen-bond donors (Lipinski definition) is 3. The summed E-state index contributed by atoms with van der Waals surface area (Å²) in [5, 5.41) is 12.7. The van der Waals surface area contributed by atoms with E-state index in [9.17, 15) is 5.11 Å². The maximum atomic E-state index is 10.3. The maximum Gasteiger partial charge on any atom is 0.130 e. The molecular weight excluding hydrogens is 400 g/mol. The van der Waals surface area contributed by atoms with Crippen LogP contribution >= 0.6 is 15.9 Å². The van der Waals surface area contributed by atoms with Crippen molar-refractivity contribution >= 4 is 37.7 Å². The molecule has 0 saturated carbocycles. The van der Waals surface area contributed by atoms with Crippen LogP contribution in [-0.4, -0.2) is 15.1 Å². The van der Waals surface area contributed by atoms with Gasteiger partial charge in [0, 0.05) is 40.1 Å². The highest BCUT2D eigenvalue weighted by Gasteiger charge is 2.23. The topological polar surface area (TPSA) is 51.8 Å². The quantitative estimate of drug-likeness (QED) is 0.317. The van der Waals surface area contributed by atoms with Crippen LogP contribution in [0.2, 0.25) is 0 Å². The fourth-order valence-corrected chi connectivity index (χ4v) is 4.15. The van der Waals surface area contributed by atoms with Gasteiger partial charge in [0.1, 0.15) is 5.75 Å². The molecule has 5 rings (SSSR count). The van der Waals surface area contributed by atoms with Crippen molar-refractivity contribution in [2.45, 2.75) is 5.92 Å². The van der Waals surface area contributed by atoms with E-state index in [0.717, 1.165) is 16.6 Å². The number of halogens is 1. The minimum Gasteiger partial charge on any atom is -0.507 e. The van der Waals surface area contributed by atoms with Crippen LogP contribution in [0.4, 0.5) is 0 Å². The summed E-state index contributed by atoms with van der Waals surface area (Å²) in [6.07, 6.45) is 4.16. The van der Waals surface area contributed by atoms with Crippen molar-refractivity contribution in [3.63, 3.8) is 0 Å². The molecule has 132 valence electrons. The number of aromatic nitrogens is 2. The summed E-state index contributed by atoms with van der Waals surface area (Å²) in [6.45, 7) is 0. The molecule has 3 N–H and O–H groups in total. The van der Waals surface area contributed by atoms with E-state index in [2.05, 4.69) is 80.8 Å². The molecule has 0 radical (unpaired) electrons. The minimum atomic E-state index is -0.00343. The highest BCUT2D eigenvalue weighted by Crippen LogP contribution is 2.41. The summed E-state index contributed by atoms with van der Waals surface area (Å²) >= 11 is 3.39. The van der Waals surface area contributed by atoms with Gasteiger partial charge in [0.05, 0.1) is 4.47 Å². The summed E-state index contributed by atoms with van der Waals surface area (Å²) in [7, 11) is 0. The Hall–Kier alpha value is -2.98. The van der Waals surface area contributed by atoms with Gasteiger partial charge < -0.3 is 15.1 Å². The van der Waals surface area contributed by atoms with Gasteiger partial charge in [-0.2, -0.15) is 0 Å². The van der Waals surface area contributed by atoms with E-state index < -0.39 is 0 Å². The first kappa shape index (κ1) is 16.2. The molecule has 2 aromatic heterocycles. The summed E-state index contributed by atoms with van der Waals surface area (Å²) in [4.78, 5) is 6.78. The molecule has 3 nitrogen and oxygen atoms in total. The Morgan fingerprint density at radius 2 is 1.30 bits per heavy atom. The van der Waals surface area contributed by atoms with E-state index in [1.165, 1.54) is 21.9 Å². The zero-order valence-corrected chi connectivity index (χ0v) is 16.0. The number of phenols is 1. The third-order valence-electron chi connectivity index (χ3n) is 5.17. The zero-order chi connectivity index (χ0) is 18.4. The Morgan fingerprint density at radius 1 is 0.741 bits per heavy atom. The van der Waals surface area contributed by atoms with Crippen LogP contribution in [0.3, 0.4) is 0 Å². The van der Waals surface area contributed by atoms with Crippen molar-refractivity contribution < 1.29 is 5.11 Å². The lowest BCUT2D eigenvalue weighted by atomic mass is 9.84. The largest absolute Gasteiger partial charge is 0.507 e. The van der Waals surface area contributed by atoms with Crippen LogP contribution in [0.1, 0.15) is 22.6 Å². The van der Waals surface area contributed by atoms with Crippen LogP contribution in [-0.2, 0) is 0 Å². The normalized spacial score (nSPS) is 11.6. The molecule has 0 spiro atoms. The highest BCUT2D eigenvalue weighted by molar-refractivity contribution is 9.10. The number of H-pyrrole nitrogens is 2. The number of phenolic OH excluding ortho intramolecular Hbond substituents is 1. The van der Waals surface area contributed by atoms with E-state index in [1.54, 1.807) is 0 Å². The first-order valence-electron chi connectivity index (χ1n) is 8.83. The minimum absolute atomic E-state index is 0.00343. The molecule has 5 aromatic rings. The molecule has 0 bridgehead atoms. The number of rotatable bonds is 3. The lowest BCUT2D eigenvalue weighted by molar-refractivity contribution is 0.471. The fourth-order valence-electron chi connectivity index (χ4n) is 3.90. The van der Waals surface area contributed by atoms with E-state index >= 15 is 0 Å². The fraction of sp³-hybridized carbons (Fsp3) is 0.0435. The smallest absolute Gasteiger partial charge is 0.130 e. The first-order valence-corrected chi connectivity index (χ1v) is 9.62. The maximum absolute atomic E-state index is 10.3. The van der Waals surface area contributed by atoms with Crippen LogP contribution < -0.4 is 0 Å². The van der Waals surface area contributed by atoms with Gasteiger partial charge in [-0.1, -0.05) is 42.5 Å². The van der Waals surface area contributed by atoms with E-state index in [0.29, 0.717) is 4.47 Å². The Bertz CT molecular complexity index is 1190. The van der Waals surface area contributed by atoms with Crippen molar-refractivity contribution in [1.82, 2.24) is 9.97 Å². The predicted octanol–water partition coefficient (Wildman–Crippen LogP) is 6.30. The van der Waals surface area contributed by atoms with Crippen LogP contribution in [0.25, 0.3) is 21.8 Å². The van der Waals surface area contributed by atoms with Crippen molar-refractivity contribution in [2.75, 3.05) is 0 Å². The molecule has 2 heterocycles. The summed E-state index contributed by atoms with van der Waals surface area (Å²) in [5.41, 5.74) is 5.65. The van der Waals surface area contributed by atoms with Crippen molar-refractivity contribution in [3.05, 3.63) is 100 Å². The lowest BCUT2D eigenvalue weighted by Gasteiger charge is -2.18. The monoisotopic (exact) mass is 416 g/mol. The number of aromatic hydroxyl groups is 1. The second-order valence-corrected chi connectivity index (χ2v) is 7.58. The predicted molar refractivity (Wildman–Crippen MR) is 113 cm³/mol. The first-order chi connectivity index (χ1) is 13.2. The van der Waals surface area contributed by atoms with Gasteiger partial charge in [-0.05, 0) is 56.9 Å². The van der Waals surface area contributed by atoms with Crippen molar-refractivity contribution in [1.29, 1.82) is 0 Å². The van der Waals surface area contributed by atoms with E-state index in [4.69, 9.17) is 0 Å². The van der Waals surface area contributed by atoms with Crippen molar-refractivity contribution in [2.24, 2.45) is 0 Å². The van der Waals surface area contributed by atoms with Crippen LogP contribution in [0.15, 0.2) is 83.6 Å². The standard InChI is InChI=1S/C23H17BrN2O/c24-19-10-9-14(11-22(19)27)23(17-12-25-20-7-3-1-5-15(17)20)18-13-26-21-8-4-2-6-16(18)21/h1-13,23,25-27H. The molecule has 0 aliphatic rings. The van der Waals surface area contributed by atoms with Crippen molar-refractivity contribution in [3.8, 4) is 5.75 Å². The summed E-state index contributed by atoms with van der Waals surface area (Å²) in [5.74, 6) is 0.244. The molecule has 0 aliphatic carbocycles. The van der Waals surface area contributed by atoms with Gasteiger partial charge in [0.2, 0.25) is 0 Å². The molecule has 0 atom stereocenters. The average Bonchev–Trinajstić information content (AvgIpc) is 3.30. The number of aromatic amines is 2. The molecular formula is C23H17BrN2O. The molecule has 0 saturated heterocycles. The summed E-state index contributed by atoms with van der Waals surface area (Å²) < 4.78 is 0.697. The summed E-state index contributed by atoms with van der Waals surface area (Å²) in [6, 6.07) is 22.5. The zero-order valence-electron chi connectivity index (χ0n) is 14.4. The Balaban J connectivity index is 1.81. The molecule has 4 heteroatoms. The second kappa shape index (κ2) is 6.32. The highest BCUT2D eigenvalue weighted by atomic mass is 79.9. The molecule has 3 aromatic carbocycles. The van der Waals surface area contributed by atoms with Gasteiger partial charge in [-0.15, -0.1) is 0 Å². The third-order valence-corrected chi connectivity index (χ3v) is 5.84. The Morgan fingerprint density at radius 3 is 1.85 bits per heavy atom. The third kappa shape index (κ3) is 2.64. The van der Waals surface area contributed by atoms with Gasteiger partial charge in [0.15, 0.2) is 0 Å². The van der Waals surface area contributed by atoms with Gasteiger partial charge in [0.25, 0.3) is 0 Å². The van der Waals surface area contributed by atoms with Gasteiger partial charge in [-0.3, -0.25) is 0 Å². The van der Waals surface area contributed by atoms with Gasteiger partial charge >= 0.3 is 0 Å². The van der Waals surface area contributed by atoms with Crippen LogP contribution in [0, 0.1) is 0 Å². The van der Waals surface area contributed by atoms with E-state index in [-0.39, 0.29) is 11.7 Å². The molecule has 0 amide bonds. The number of hydrogen-bond acceptors (Lipinski definition) is 1. The van der Waals surface area contributed by atoms with Crippen LogP contribution in [0.5, 0.6) is 5.75 Å². The number of benzene rings is 3. The number of fused-ring (bicyclic) bond motifs is 2. The molecule has 0 fully saturated rings.